The van der Waals surface area contributed by atoms with Crippen LogP contribution in [0.2, 0.25) is 0 Å². The first kappa shape index (κ1) is 12.9. The van der Waals surface area contributed by atoms with E-state index in [0.29, 0.717) is 12.5 Å². The molecule has 1 fully saturated rings. The van der Waals surface area contributed by atoms with E-state index in [1.807, 2.05) is 11.7 Å². The summed E-state index contributed by atoms with van der Waals surface area (Å²) in [6.45, 7) is 5.79. The molecule has 1 aliphatic rings. The predicted octanol–water partition coefficient (Wildman–Crippen LogP) is 2.21. The van der Waals surface area contributed by atoms with Crippen LogP contribution in [-0.2, 0) is 29.6 Å². The Morgan fingerprint density at radius 2 is 2.26 bits per heavy atom. The average molecular weight is 283 g/mol. The van der Waals surface area contributed by atoms with Crippen LogP contribution in [-0.4, -0.2) is 32.5 Å². The minimum absolute atomic E-state index is 0.0716. The van der Waals surface area contributed by atoms with Crippen LogP contribution in [0.1, 0.15) is 31.8 Å². The highest BCUT2D eigenvalue weighted by Gasteiger charge is 2.36. The smallest absolute Gasteiger partial charge is 0.159 e. The molecular weight excluding hydrogens is 264 g/mol. The van der Waals surface area contributed by atoms with Crippen LogP contribution >= 0.6 is 11.6 Å². The van der Waals surface area contributed by atoms with Crippen molar-refractivity contribution in [2.24, 2.45) is 7.05 Å². The van der Waals surface area contributed by atoms with Crippen LogP contribution in [0.4, 0.5) is 0 Å². The summed E-state index contributed by atoms with van der Waals surface area (Å²) in [5.41, 5.74) is 3.00. The molecule has 0 N–H and O–H groups in total. The molecule has 1 atom stereocenters. The van der Waals surface area contributed by atoms with Crippen molar-refractivity contribution in [3.8, 4) is 0 Å². The summed E-state index contributed by atoms with van der Waals surface area (Å²) in [7, 11) is 1.97. The molecule has 0 radical (unpaired) electrons. The van der Waals surface area contributed by atoms with Crippen molar-refractivity contribution in [3.05, 3.63) is 11.5 Å². The van der Waals surface area contributed by atoms with E-state index < -0.39 is 0 Å². The number of aromatic nitrogens is 4. The maximum absolute atomic E-state index is 6.09. The van der Waals surface area contributed by atoms with Gasteiger partial charge in [-0.2, -0.15) is 5.10 Å². The van der Waals surface area contributed by atoms with E-state index in [-0.39, 0.29) is 5.54 Å². The lowest BCUT2D eigenvalue weighted by molar-refractivity contribution is 0.161. The van der Waals surface area contributed by atoms with Crippen molar-refractivity contribution < 1.29 is 4.74 Å². The van der Waals surface area contributed by atoms with Gasteiger partial charge in [-0.25, -0.2) is 4.98 Å². The van der Waals surface area contributed by atoms with Crippen LogP contribution in [0.15, 0.2) is 0 Å². The Kier molecular flexibility index (Phi) is 3.06. The first-order chi connectivity index (χ1) is 9.10. The molecule has 0 spiro atoms. The van der Waals surface area contributed by atoms with Gasteiger partial charge in [0, 0.05) is 13.7 Å². The van der Waals surface area contributed by atoms with Gasteiger partial charge >= 0.3 is 0 Å². The van der Waals surface area contributed by atoms with Crippen molar-refractivity contribution in [2.45, 2.75) is 38.1 Å². The quantitative estimate of drug-likeness (QED) is 0.811. The van der Waals surface area contributed by atoms with Gasteiger partial charge in [0.05, 0.1) is 23.7 Å². The third-order valence-electron chi connectivity index (χ3n) is 3.97. The van der Waals surface area contributed by atoms with Crippen molar-refractivity contribution >= 4 is 22.8 Å². The van der Waals surface area contributed by atoms with E-state index >= 15 is 0 Å². The van der Waals surface area contributed by atoms with Gasteiger partial charge in [0.1, 0.15) is 11.3 Å². The van der Waals surface area contributed by atoms with Crippen LogP contribution in [0.25, 0.3) is 11.2 Å². The Bertz CT molecular complexity index is 610. The maximum Gasteiger partial charge on any atom is 0.159 e. The molecule has 1 unspecified atom stereocenters. The fraction of sp³-hybridized carbons (Fsp3) is 0.692. The zero-order valence-corrected chi connectivity index (χ0v) is 12.4. The fourth-order valence-corrected chi connectivity index (χ4v) is 3.13. The number of halogens is 1. The van der Waals surface area contributed by atoms with Crippen LogP contribution in [0, 0.1) is 0 Å². The lowest BCUT2D eigenvalue weighted by Crippen LogP contribution is -2.32. The summed E-state index contributed by atoms with van der Waals surface area (Å²) >= 11 is 6.09. The first-order valence-electron chi connectivity index (χ1n) is 6.68. The molecule has 0 saturated carbocycles. The molecule has 1 saturated heterocycles. The molecule has 6 heteroatoms. The van der Waals surface area contributed by atoms with E-state index in [9.17, 15) is 0 Å². The Hall–Kier alpha value is -1.07. The SMILES string of the molecule is CCc1nn(C)c2c1nc(CCl)n2C1(C)CCOC1. The van der Waals surface area contributed by atoms with Crippen molar-refractivity contribution in [1.82, 2.24) is 19.3 Å². The fourth-order valence-electron chi connectivity index (χ4n) is 2.95. The van der Waals surface area contributed by atoms with Crippen molar-refractivity contribution in [2.75, 3.05) is 13.2 Å². The zero-order chi connectivity index (χ0) is 13.6. The molecule has 5 nitrogen and oxygen atoms in total. The van der Waals surface area contributed by atoms with Gasteiger partial charge in [-0.15, -0.1) is 11.6 Å². The van der Waals surface area contributed by atoms with Crippen LogP contribution < -0.4 is 0 Å². The molecular formula is C13H19ClN4O. The molecule has 104 valence electrons. The van der Waals surface area contributed by atoms with E-state index in [2.05, 4.69) is 23.5 Å². The minimum Gasteiger partial charge on any atom is -0.379 e. The third-order valence-corrected chi connectivity index (χ3v) is 4.20. The van der Waals surface area contributed by atoms with E-state index in [0.717, 1.165) is 42.1 Å². The highest BCUT2D eigenvalue weighted by Crippen LogP contribution is 2.33. The number of fused-ring (bicyclic) bond motifs is 1. The molecule has 2 aromatic rings. The van der Waals surface area contributed by atoms with E-state index in [1.165, 1.54) is 0 Å². The molecule has 0 aliphatic carbocycles. The largest absolute Gasteiger partial charge is 0.379 e. The summed E-state index contributed by atoms with van der Waals surface area (Å²) in [6.07, 6.45) is 1.86. The summed E-state index contributed by atoms with van der Waals surface area (Å²) in [4.78, 5) is 4.70. The third kappa shape index (κ3) is 1.79. The van der Waals surface area contributed by atoms with Crippen LogP contribution in [0.5, 0.6) is 0 Å². The predicted molar refractivity (Wildman–Crippen MR) is 74.5 cm³/mol. The first-order valence-corrected chi connectivity index (χ1v) is 7.21. The summed E-state index contributed by atoms with van der Waals surface area (Å²) in [5, 5.41) is 4.56. The zero-order valence-electron chi connectivity index (χ0n) is 11.6. The molecule has 3 heterocycles. The molecule has 19 heavy (non-hydrogen) atoms. The van der Waals surface area contributed by atoms with Gasteiger partial charge in [0.15, 0.2) is 5.65 Å². The highest BCUT2D eigenvalue weighted by atomic mass is 35.5. The number of hydrogen-bond donors (Lipinski definition) is 0. The lowest BCUT2D eigenvalue weighted by Gasteiger charge is -2.26. The van der Waals surface area contributed by atoms with Gasteiger partial charge in [-0.3, -0.25) is 4.68 Å². The monoisotopic (exact) mass is 282 g/mol. The van der Waals surface area contributed by atoms with Gasteiger partial charge in [-0.05, 0) is 19.8 Å². The molecule has 3 rings (SSSR count). The number of ether oxygens (including phenoxy) is 1. The minimum atomic E-state index is -0.0716. The maximum atomic E-state index is 6.09. The van der Waals surface area contributed by atoms with Gasteiger partial charge < -0.3 is 9.30 Å². The summed E-state index contributed by atoms with van der Waals surface area (Å²) in [5.74, 6) is 1.32. The highest BCUT2D eigenvalue weighted by molar-refractivity contribution is 6.16. The average Bonchev–Trinajstić information content (AvgIpc) is 3.05. The Morgan fingerprint density at radius 1 is 1.47 bits per heavy atom. The standard InChI is InChI=1S/C13H19ClN4O/c1-4-9-11-12(17(3)16-9)18(10(7-14)15-11)13(2)5-6-19-8-13/h4-8H2,1-3H3. The molecule has 2 aromatic heterocycles. The molecule has 0 bridgehead atoms. The van der Waals surface area contributed by atoms with Gasteiger partial charge in [0.2, 0.25) is 0 Å². The van der Waals surface area contributed by atoms with Gasteiger partial charge in [0.25, 0.3) is 0 Å². The molecule has 0 aromatic carbocycles. The Balaban J connectivity index is 2.29. The Morgan fingerprint density at radius 3 is 2.84 bits per heavy atom. The van der Waals surface area contributed by atoms with E-state index in [1.54, 1.807) is 0 Å². The summed E-state index contributed by atoms with van der Waals surface area (Å²) in [6, 6.07) is 0. The van der Waals surface area contributed by atoms with Crippen molar-refractivity contribution in [3.63, 3.8) is 0 Å². The topological polar surface area (TPSA) is 44.9 Å². The molecule has 0 amide bonds. The number of hydrogen-bond acceptors (Lipinski definition) is 3. The lowest BCUT2D eigenvalue weighted by atomic mass is 10.0. The number of alkyl halides is 1. The van der Waals surface area contributed by atoms with Gasteiger partial charge in [-0.1, -0.05) is 6.92 Å². The second-order valence-electron chi connectivity index (χ2n) is 5.39. The van der Waals surface area contributed by atoms with E-state index in [4.69, 9.17) is 21.3 Å². The molecule has 1 aliphatic heterocycles. The normalized spacial score (nSPS) is 23.6. The number of nitrogens with zero attached hydrogens (tertiary/aromatic N) is 4. The second kappa shape index (κ2) is 4.49. The number of imidazole rings is 1. The second-order valence-corrected chi connectivity index (χ2v) is 5.66. The van der Waals surface area contributed by atoms with Crippen LogP contribution in [0.3, 0.4) is 0 Å². The number of aryl methyl sites for hydroxylation is 2. The summed E-state index contributed by atoms with van der Waals surface area (Å²) < 4.78 is 9.73. The number of rotatable bonds is 3. The Labute approximate surface area is 117 Å². The van der Waals surface area contributed by atoms with Crippen molar-refractivity contribution in [1.29, 1.82) is 0 Å².